The Balaban J connectivity index is 2.31. The second kappa shape index (κ2) is 8.35. The van der Waals surface area contributed by atoms with Crippen LogP contribution in [0.25, 0.3) is 0 Å². The van der Waals surface area contributed by atoms with Gasteiger partial charge in [0.2, 0.25) is 0 Å². The van der Waals surface area contributed by atoms with E-state index in [1.54, 1.807) is 18.2 Å². The van der Waals surface area contributed by atoms with Gasteiger partial charge in [-0.3, -0.25) is 4.79 Å². The van der Waals surface area contributed by atoms with Gasteiger partial charge in [0, 0.05) is 12.6 Å². The third-order valence-electron chi connectivity index (χ3n) is 2.54. The van der Waals surface area contributed by atoms with Gasteiger partial charge < -0.3 is 15.2 Å². The van der Waals surface area contributed by atoms with Crippen molar-refractivity contribution in [1.29, 1.82) is 0 Å². The van der Waals surface area contributed by atoms with Crippen LogP contribution in [-0.4, -0.2) is 30.3 Å². The molecule has 6 heteroatoms. The number of rotatable bonds is 7. The number of carbonyl (C=O) groups is 1. The van der Waals surface area contributed by atoms with Crippen LogP contribution < -0.4 is 10.1 Å². The summed E-state index contributed by atoms with van der Waals surface area (Å²) < 4.78 is 5.28. The topological polar surface area (TPSA) is 58.6 Å². The Kier molecular flexibility index (Phi) is 7.13. The number of nitrogens with one attached hydrogen (secondary N) is 1. The maximum atomic E-state index is 11.6. The van der Waals surface area contributed by atoms with Crippen LogP contribution in [0, 0.1) is 5.92 Å². The van der Waals surface area contributed by atoms with Crippen molar-refractivity contribution in [1.82, 2.24) is 5.32 Å². The minimum Gasteiger partial charge on any atom is -0.484 e. The zero-order valence-corrected chi connectivity index (χ0v) is 13.0. The van der Waals surface area contributed by atoms with Crippen LogP contribution in [0.5, 0.6) is 5.75 Å². The molecule has 0 saturated heterocycles. The van der Waals surface area contributed by atoms with Gasteiger partial charge in [0.15, 0.2) is 6.61 Å². The Hall–Kier alpha value is -0.970. The zero-order valence-electron chi connectivity index (χ0n) is 11.5. The highest BCUT2D eigenvalue weighted by molar-refractivity contribution is 6.42. The van der Waals surface area contributed by atoms with Crippen LogP contribution >= 0.6 is 23.2 Å². The molecule has 0 saturated carbocycles. The molecule has 0 heterocycles. The Bertz CT molecular complexity index is 452. The summed E-state index contributed by atoms with van der Waals surface area (Å²) in [6, 6.07) is 4.78. The summed E-state index contributed by atoms with van der Waals surface area (Å²) in [5.41, 5.74) is 0. The molecule has 112 valence electrons. The van der Waals surface area contributed by atoms with Crippen molar-refractivity contribution in [2.24, 2.45) is 5.92 Å². The van der Waals surface area contributed by atoms with E-state index in [9.17, 15) is 9.90 Å². The average molecular weight is 320 g/mol. The first kappa shape index (κ1) is 17.1. The van der Waals surface area contributed by atoms with Crippen molar-refractivity contribution in [3.8, 4) is 5.75 Å². The van der Waals surface area contributed by atoms with E-state index in [-0.39, 0.29) is 19.1 Å². The average Bonchev–Trinajstić information content (AvgIpc) is 2.37. The maximum absolute atomic E-state index is 11.6. The molecule has 0 aliphatic rings. The van der Waals surface area contributed by atoms with Gasteiger partial charge in [0.1, 0.15) is 5.75 Å². The van der Waals surface area contributed by atoms with E-state index in [1.165, 1.54) is 0 Å². The van der Waals surface area contributed by atoms with Crippen LogP contribution in [0.1, 0.15) is 20.3 Å². The van der Waals surface area contributed by atoms with Crippen molar-refractivity contribution < 1.29 is 14.6 Å². The van der Waals surface area contributed by atoms with Gasteiger partial charge in [-0.15, -0.1) is 0 Å². The van der Waals surface area contributed by atoms with Gasteiger partial charge >= 0.3 is 0 Å². The number of halogens is 2. The van der Waals surface area contributed by atoms with Crippen LogP contribution in [0.2, 0.25) is 10.0 Å². The van der Waals surface area contributed by atoms with Crippen molar-refractivity contribution in [3.63, 3.8) is 0 Å². The number of ether oxygens (including phenoxy) is 1. The molecule has 0 radical (unpaired) electrons. The quantitative estimate of drug-likeness (QED) is 0.812. The van der Waals surface area contributed by atoms with Crippen molar-refractivity contribution in [3.05, 3.63) is 28.2 Å². The third kappa shape index (κ3) is 6.46. The van der Waals surface area contributed by atoms with Gasteiger partial charge in [-0.05, 0) is 24.5 Å². The molecule has 0 aliphatic carbocycles. The Morgan fingerprint density at radius 3 is 2.65 bits per heavy atom. The van der Waals surface area contributed by atoms with Crippen LogP contribution in [0.4, 0.5) is 0 Å². The van der Waals surface area contributed by atoms with Gasteiger partial charge in [0.05, 0.1) is 16.1 Å². The summed E-state index contributed by atoms with van der Waals surface area (Å²) in [6.07, 6.45) is 0.109. The number of hydrogen-bond donors (Lipinski definition) is 2. The van der Waals surface area contributed by atoms with Crippen LogP contribution in [0.3, 0.4) is 0 Å². The smallest absolute Gasteiger partial charge is 0.258 e. The second-order valence-corrected chi connectivity index (χ2v) is 5.77. The lowest BCUT2D eigenvalue weighted by atomic mass is 10.1. The Labute approximate surface area is 129 Å². The summed E-state index contributed by atoms with van der Waals surface area (Å²) >= 11 is 11.6. The summed E-state index contributed by atoms with van der Waals surface area (Å²) in [7, 11) is 0. The Morgan fingerprint density at radius 2 is 2.05 bits per heavy atom. The second-order valence-electron chi connectivity index (χ2n) is 4.95. The van der Waals surface area contributed by atoms with E-state index >= 15 is 0 Å². The Morgan fingerprint density at radius 1 is 1.35 bits per heavy atom. The van der Waals surface area contributed by atoms with E-state index < -0.39 is 6.10 Å². The van der Waals surface area contributed by atoms with E-state index in [0.717, 1.165) is 0 Å². The molecular formula is C14H19Cl2NO3. The number of amides is 1. The molecule has 1 rings (SSSR count). The zero-order chi connectivity index (χ0) is 15.1. The number of carbonyl (C=O) groups excluding carboxylic acids is 1. The molecule has 1 amide bonds. The summed E-state index contributed by atoms with van der Waals surface area (Å²) in [6.45, 7) is 4.12. The largest absolute Gasteiger partial charge is 0.484 e. The summed E-state index contributed by atoms with van der Waals surface area (Å²) in [5, 5.41) is 13.0. The highest BCUT2D eigenvalue weighted by Gasteiger charge is 2.09. The van der Waals surface area contributed by atoms with E-state index in [4.69, 9.17) is 27.9 Å². The van der Waals surface area contributed by atoms with Crippen molar-refractivity contribution in [2.45, 2.75) is 26.4 Å². The fourth-order valence-corrected chi connectivity index (χ4v) is 1.91. The number of aliphatic hydroxyl groups excluding tert-OH is 1. The molecule has 0 bridgehead atoms. The predicted molar refractivity (Wildman–Crippen MR) is 80.4 cm³/mol. The molecule has 1 aromatic rings. The van der Waals surface area contributed by atoms with Crippen molar-refractivity contribution >= 4 is 29.1 Å². The van der Waals surface area contributed by atoms with Gasteiger partial charge in [-0.1, -0.05) is 37.0 Å². The predicted octanol–water partition coefficient (Wildman–Crippen LogP) is 2.90. The SMILES string of the molecule is CC(C)CC(O)CNC(=O)COc1ccc(Cl)c(Cl)c1. The van der Waals surface area contributed by atoms with Gasteiger partial charge in [-0.25, -0.2) is 0 Å². The summed E-state index contributed by atoms with van der Waals surface area (Å²) in [5.74, 6) is 0.561. The third-order valence-corrected chi connectivity index (χ3v) is 3.28. The van der Waals surface area contributed by atoms with Crippen molar-refractivity contribution in [2.75, 3.05) is 13.2 Å². The minimum absolute atomic E-state index is 0.133. The fraction of sp³-hybridized carbons (Fsp3) is 0.500. The first-order valence-corrected chi connectivity index (χ1v) is 7.16. The fourth-order valence-electron chi connectivity index (χ4n) is 1.63. The first-order chi connectivity index (χ1) is 9.38. The number of benzene rings is 1. The maximum Gasteiger partial charge on any atom is 0.258 e. The standard InChI is InChI=1S/C14H19Cl2NO3/c1-9(2)5-10(18)7-17-14(19)8-20-11-3-4-12(15)13(16)6-11/h3-4,6,9-10,18H,5,7-8H2,1-2H3,(H,17,19). The molecule has 0 fully saturated rings. The van der Waals surface area contributed by atoms with Gasteiger partial charge in [0.25, 0.3) is 5.91 Å². The summed E-state index contributed by atoms with van der Waals surface area (Å²) in [4.78, 5) is 11.6. The van der Waals surface area contributed by atoms with E-state index in [0.29, 0.717) is 28.1 Å². The van der Waals surface area contributed by atoms with Crippen LogP contribution in [-0.2, 0) is 4.79 Å². The highest BCUT2D eigenvalue weighted by atomic mass is 35.5. The molecular weight excluding hydrogens is 301 g/mol. The van der Waals surface area contributed by atoms with E-state index in [1.807, 2.05) is 13.8 Å². The lowest BCUT2D eigenvalue weighted by Gasteiger charge is -2.14. The molecule has 20 heavy (non-hydrogen) atoms. The molecule has 0 spiro atoms. The first-order valence-electron chi connectivity index (χ1n) is 6.41. The van der Waals surface area contributed by atoms with Gasteiger partial charge in [-0.2, -0.15) is 0 Å². The minimum atomic E-state index is -0.538. The molecule has 0 aromatic heterocycles. The molecule has 4 nitrogen and oxygen atoms in total. The normalized spacial score (nSPS) is 12.3. The molecule has 1 atom stereocenters. The van der Waals surface area contributed by atoms with Crippen LogP contribution in [0.15, 0.2) is 18.2 Å². The van der Waals surface area contributed by atoms with E-state index in [2.05, 4.69) is 5.32 Å². The molecule has 0 aliphatic heterocycles. The molecule has 1 aromatic carbocycles. The lowest BCUT2D eigenvalue weighted by Crippen LogP contribution is -2.35. The molecule has 1 unspecified atom stereocenters. The number of aliphatic hydroxyl groups is 1. The monoisotopic (exact) mass is 319 g/mol. The lowest BCUT2D eigenvalue weighted by molar-refractivity contribution is -0.123. The molecule has 2 N–H and O–H groups in total. The number of hydrogen-bond acceptors (Lipinski definition) is 3. The highest BCUT2D eigenvalue weighted by Crippen LogP contribution is 2.26.